The number of rotatable bonds is 1. The molecule has 1 unspecified atom stereocenters. The number of nitrogens with two attached hydrogens (primary N) is 1. The molecule has 3 rings (SSSR count). The fourth-order valence-electron chi connectivity index (χ4n) is 2.39. The minimum atomic E-state index is 0.369. The largest absolute Gasteiger partial charge is 0.375 e. The first kappa shape index (κ1) is 10.3. The standard InChI is InChI=1S/C13H11N3S/c14-7-8-2-1-3-9(6-8)10-4-5-11-12(10)17-13(15)16-11/h1-3,6,10H,4-5H2,(H2,15,16). The summed E-state index contributed by atoms with van der Waals surface area (Å²) in [5, 5.41) is 9.57. The van der Waals surface area contributed by atoms with Gasteiger partial charge in [0, 0.05) is 10.8 Å². The van der Waals surface area contributed by atoms with Crippen molar-refractivity contribution in [3.05, 3.63) is 46.0 Å². The van der Waals surface area contributed by atoms with Gasteiger partial charge in [0.2, 0.25) is 0 Å². The van der Waals surface area contributed by atoms with Gasteiger partial charge in [0.05, 0.1) is 17.3 Å². The second-order valence-electron chi connectivity index (χ2n) is 4.19. The molecule has 2 N–H and O–H groups in total. The molecule has 2 aromatic rings. The highest BCUT2D eigenvalue weighted by atomic mass is 32.1. The molecule has 1 heterocycles. The lowest BCUT2D eigenvalue weighted by molar-refractivity contribution is 0.790. The molecule has 0 radical (unpaired) electrons. The van der Waals surface area contributed by atoms with E-state index >= 15 is 0 Å². The van der Waals surface area contributed by atoms with Gasteiger partial charge in [0.1, 0.15) is 0 Å². The summed E-state index contributed by atoms with van der Waals surface area (Å²) in [5.74, 6) is 0.369. The molecule has 0 saturated carbocycles. The van der Waals surface area contributed by atoms with E-state index < -0.39 is 0 Å². The molecule has 84 valence electrons. The van der Waals surface area contributed by atoms with Gasteiger partial charge in [0.15, 0.2) is 5.13 Å². The highest BCUT2D eigenvalue weighted by molar-refractivity contribution is 7.15. The number of hydrogen-bond donors (Lipinski definition) is 1. The second-order valence-corrected chi connectivity index (χ2v) is 5.25. The molecule has 0 aliphatic heterocycles. The maximum atomic E-state index is 8.92. The molecule has 1 aliphatic rings. The van der Waals surface area contributed by atoms with Crippen LogP contribution in [0.4, 0.5) is 5.13 Å². The number of aryl methyl sites for hydroxylation is 1. The van der Waals surface area contributed by atoms with E-state index in [9.17, 15) is 0 Å². The molecular weight excluding hydrogens is 230 g/mol. The third kappa shape index (κ3) is 1.69. The van der Waals surface area contributed by atoms with E-state index in [2.05, 4.69) is 17.1 Å². The molecule has 0 bridgehead atoms. The number of benzene rings is 1. The average molecular weight is 241 g/mol. The van der Waals surface area contributed by atoms with Crippen molar-refractivity contribution in [3.63, 3.8) is 0 Å². The van der Waals surface area contributed by atoms with Crippen molar-refractivity contribution in [3.8, 4) is 6.07 Å². The van der Waals surface area contributed by atoms with Crippen LogP contribution in [-0.2, 0) is 6.42 Å². The first-order chi connectivity index (χ1) is 8.28. The summed E-state index contributed by atoms with van der Waals surface area (Å²) in [6.45, 7) is 0. The van der Waals surface area contributed by atoms with Crippen molar-refractivity contribution in [2.24, 2.45) is 0 Å². The van der Waals surface area contributed by atoms with Crippen LogP contribution in [0.3, 0.4) is 0 Å². The van der Waals surface area contributed by atoms with Crippen molar-refractivity contribution in [1.82, 2.24) is 4.98 Å². The molecule has 4 heteroatoms. The van der Waals surface area contributed by atoms with E-state index in [0.29, 0.717) is 16.6 Å². The molecular formula is C13H11N3S. The van der Waals surface area contributed by atoms with Crippen LogP contribution in [0.25, 0.3) is 0 Å². The first-order valence-electron chi connectivity index (χ1n) is 5.53. The summed E-state index contributed by atoms with van der Waals surface area (Å²) < 4.78 is 0. The summed E-state index contributed by atoms with van der Waals surface area (Å²) in [4.78, 5) is 5.62. The summed E-state index contributed by atoms with van der Waals surface area (Å²) in [6.07, 6.45) is 2.06. The number of aromatic nitrogens is 1. The van der Waals surface area contributed by atoms with Gasteiger partial charge in [-0.1, -0.05) is 12.1 Å². The second kappa shape index (κ2) is 3.86. The number of thiazole rings is 1. The predicted octanol–water partition coefficient (Wildman–Crippen LogP) is 2.68. The number of nitriles is 1. The van der Waals surface area contributed by atoms with Crippen LogP contribution < -0.4 is 5.73 Å². The van der Waals surface area contributed by atoms with Crippen LogP contribution in [-0.4, -0.2) is 4.98 Å². The topological polar surface area (TPSA) is 62.7 Å². The third-order valence-corrected chi connectivity index (χ3v) is 4.19. The number of hydrogen-bond acceptors (Lipinski definition) is 4. The lowest BCUT2D eigenvalue weighted by Gasteiger charge is -2.09. The molecule has 0 saturated heterocycles. The Morgan fingerprint density at radius 2 is 2.35 bits per heavy atom. The van der Waals surface area contributed by atoms with Crippen LogP contribution in [0, 0.1) is 11.3 Å². The summed E-state index contributed by atoms with van der Waals surface area (Å²) in [5.41, 5.74) is 8.80. The van der Waals surface area contributed by atoms with Gasteiger partial charge in [-0.2, -0.15) is 5.26 Å². The summed E-state index contributed by atoms with van der Waals surface area (Å²) in [6, 6.07) is 10.0. The van der Waals surface area contributed by atoms with Crippen molar-refractivity contribution < 1.29 is 0 Å². The van der Waals surface area contributed by atoms with Gasteiger partial charge in [-0.25, -0.2) is 4.98 Å². The Labute approximate surface area is 104 Å². The van der Waals surface area contributed by atoms with Gasteiger partial charge in [0.25, 0.3) is 0 Å². The molecule has 0 amide bonds. The monoisotopic (exact) mass is 241 g/mol. The van der Waals surface area contributed by atoms with Crippen molar-refractivity contribution >= 4 is 16.5 Å². The SMILES string of the molecule is N#Cc1cccc(C2CCc3nc(N)sc32)c1. The minimum Gasteiger partial charge on any atom is -0.375 e. The van der Waals surface area contributed by atoms with Gasteiger partial charge < -0.3 is 5.73 Å². The van der Waals surface area contributed by atoms with E-state index in [1.807, 2.05) is 18.2 Å². The van der Waals surface area contributed by atoms with Gasteiger partial charge in [-0.15, -0.1) is 11.3 Å². The van der Waals surface area contributed by atoms with Crippen molar-refractivity contribution in [1.29, 1.82) is 5.26 Å². The average Bonchev–Trinajstić information content (AvgIpc) is 2.87. The Hall–Kier alpha value is -1.86. The fourth-order valence-corrected chi connectivity index (χ4v) is 3.43. The molecule has 0 fully saturated rings. The van der Waals surface area contributed by atoms with Crippen LogP contribution >= 0.6 is 11.3 Å². The van der Waals surface area contributed by atoms with Gasteiger partial charge in [-0.05, 0) is 30.5 Å². The molecule has 1 aromatic heterocycles. The Bertz CT molecular complexity index is 609. The van der Waals surface area contributed by atoms with E-state index in [1.165, 1.54) is 10.4 Å². The molecule has 17 heavy (non-hydrogen) atoms. The third-order valence-electron chi connectivity index (χ3n) is 3.15. The lowest BCUT2D eigenvalue weighted by Crippen LogP contribution is -1.94. The lowest BCUT2D eigenvalue weighted by atomic mass is 9.97. The zero-order valence-corrected chi connectivity index (χ0v) is 10.00. The fraction of sp³-hybridized carbons (Fsp3) is 0.231. The first-order valence-corrected chi connectivity index (χ1v) is 6.34. The van der Waals surface area contributed by atoms with Crippen LogP contribution in [0.15, 0.2) is 24.3 Å². The van der Waals surface area contributed by atoms with Crippen LogP contribution in [0.1, 0.15) is 34.0 Å². The van der Waals surface area contributed by atoms with E-state index in [1.54, 1.807) is 11.3 Å². The number of fused-ring (bicyclic) bond motifs is 1. The normalized spacial score (nSPS) is 17.7. The van der Waals surface area contributed by atoms with Crippen molar-refractivity contribution in [2.75, 3.05) is 5.73 Å². The highest BCUT2D eigenvalue weighted by Gasteiger charge is 2.27. The number of anilines is 1. The molecule has 1 aromatic carbocycles. The summed E-state index contributed by atoms with van der Waals surface area (Å²) >= 11 is 1.58. The highest BCUT2D eigenvalue weighted by Crippen LogP contribution is 2.42. The quantitative estimate of drug-likeness (QED) is 0.834. The number of nitrogens with zero attached hydrogens (tertiary/aromatic N) is 2. The zero-order valence-electron chi connectivity index (χ0n) is 9.18. The number of nitrogen functional groups attached to an aromatic ring is 1. The smallest absolute Gasteiger partial charge is 0.180 e. The maximum absolute atomic E-state index is 8.92. The van der Waals surface area contributed by atoms with Crippen LogP contribution in [0.2, 0.25) is 0 Å². The van der Waals surface area contributed by atoms with Gasteiger partial charge >= 0.3 is 0 Å². The van der Waals surface area contributed by atoms with E-state index in [4.69, 9.17) is 11.0 Å². The molecule has 1 aliphatic carbocycles. The van der Waals surface area contributed by atoms with Crippen LogP contribution in [0.5, 0.6) is 0 Å². The van der Waals surface area contributed by atoms with Gasteiger partial charge in [-0.3, -0.25) is 0 Å². The Balaban J connectivity index is 2.03. The van der Waals surface area contributed by atoms with E-state index in [-0.39, 0.29) is 0 Å². The zero-order chi connectivity index (χ0) is 11.8. The minimum absolute atomic E-state index is 0.369. The Morgan fingerprint density at radius 1 is 1.47 bits per heavy atom. The maximum Gasteiger partial charge on any atom is 0.180 e. The molecule has 3 nitrogen and oxygen atoms in total. The summed E-state index contributed by atoms with van der Waals surface area (Å²) in [7, 11) is 0. The van der Waals surface area contributed by atoms with Crippen molar-refractivity contribution in [2.45, 2.75) is 18.8 Å². The predicted molar refractivity (Wildman–Crippen MR) is 67.8 cm³/mol. The van der Waals surface area contributed by atoms with E-state index in [0.717, 1.165) is 18.5 Å². The molecule has 0 spiro atoms. The Morgan fingerprint density at radius 3 is 3.18 bits per heavy atom. The molecule has 1 atom stereocenters. The Kier molecular flexibility index (Phi) is 2.34.